The van der Waals surface area contributed by atoms with Crippen LogP contribution in [0.3, 0.4) is 0 Å². The zero-order valence-electron chi connectivity index (χ0n) is 19.3. The highest BCUT2D eigenvalue weighted by Crippen LogP contribution is 2.36. The first-order valence-electron chi connectivity index (χ1n) is 11.1. The van der Waals surface area contributed by atoms with Gasteiger partial charge < -0.3 is 15.4 Å². The number of nitrogens with zero attached hydrogens (tertiary/aromatic N) is 1. The Morgan fingerprint density at radius 1 is 1.06 bits per heavy atom. The first-order chi connectivity index (χ1) is 15.5. The van der Waals surface area contributed by atoms with Crippen molar-refractivity contribution in [2.24, 2.45) is 5.92 Å². The number of rotatable bonds is 4. The number of aryl methyl sites for hydroxylation is 3. The highest BCUT2D eigenvalue weighted by atomic mass is 32.2. The Morgan fingerprint density at radius 2 is 1.70 bits per heavy atom. The molecule has 1 fully saturated rings. The second kappa shape index (κ2) is 8.79. The van der Waals surface area contributed by atoms with Crippen molar-refractivity contribution in [3.8, 4) is 5.75 Å². The zero-order valence-corrected chi connectivity index (χ0v) is 20.1. The van der Waals surface area contributed by atoms with Gasteiger partial charge in [0.1, 0.15) is 5.75 Å². The third-order valence-electron chi connectivity index (χ3n) is 6.14. The number of anilines is 2. The molecule has 1 unspecified atom stereocenters. The summed E-state index contributed by atoms with van der Waals surface area (Å²) in [4.78, 5) is 24.7. The van der Waals surface area contributed by atoms with E-state index in [-0.39, 0.29) is 35.7 Å². The maximum atomic E-state index is 13.4. The van der Waals surface area contributed by atoms with Crippen molar-refractivity contribution >= 4 is 33.2 Å². The van der Waals surface area contributed by atoms with Gasteiger partial charge in [-0.2, -0.15) is 4.31 Å². The molecule has 8 nitrogen and oxygen atoms in total. The number of carbonyl (C=O) groups excluding carboxylic acids is 2. The summed E-state index contributed by atoms with van der Waals surface area (Å²) >= 11 is 0. The number of fused-ring (bicyclic) bond motifs is 1. The molecule has 33 heavy (non-hydrogen) atoms. The summed E-state index contributed by atoms with van der Waals surface area (Å²) in [5.41, 5.74) is 3.91. The lowest BCUT2D eigenvalue weighted by atomic mass is 9.97. The number of carbonyl (C=O) groups is 2. The molecule has 2 heterocycles. The van der Waals surface area contributed by atoms with Gasteiger partial charge in [0.15, 0.2) is 6.10 Å². The zero-order chi connectivity index (χ0) is 23.9. The molecule has 176 valence electrons. The van der Waals surface area contributed by atoms with E-state index in [0.717, 1.165) is 16.8 Å². The van der Waals surface area contributed by atoms with Crippen molar-refractivity contribution in [3.05, 3.63) is 47.0 Å². The number of amides is 2. The molecule has 4 rings (SSSR count). The van der Waals surface area contributed by atoms with Crippen LogP contribution < -0.4 is 15.4 Å². The lowest BCUT2D eigenvalue weighted by Crippen LogP contribution is -2.41. The van der Waals surface area contributed by atoms with Crippen molar-refractivity contribution < 1.29 is 22.7 Å². The summed E-state index contributed by atoms with van der Waals surface area (Å²) in [5.74, 6) is -0.255. The van der Waals surface area contributed by atoms with Gasteiger partial charge in [-0.25, -0.2) is 8.42 Å². The molecule has 2 aromatic rings. The number of nitrogens with one attached hydrogen (secondary N) is 2. The SMILES string of the molecule is Cc1cc(C)cc(NC(=O)C2CCN(S(=O)(=O)c3cc4c(cc3C)NC(=O)C(C)O4)CC2)c1. The lowest BCUT2D eigenvalue weighted by Gasteiger charge is -2.31. The fourth-order valence-electron chi connectivity index (χ4n) is 4.41. The summed E-state index contributed by atoms with van der Waals surface area (Å²) in [6.45, 7) is 7.79. The summed E-state index contributed by atoms with van der Waals surface area (Å²) in [5, 5.41) is 5.71. The van der Waals surface area contributed by atoms with E-state index in [2.05, 4.69) is 10.6 Å². The van der Waals surface area contributed by atoms with E-state index in [9.17, 15) is 18.0 Å². The molecule has 2 amide bonds. The predicted molar refractivity (Wildman–Crippen MR) is 126 cm³/mol. The van der Waals surface area contributed by atoms with E-state index in [1.165, 1.54) is 10.4 Å². The van der Waals surface area contributed by atoms with Crippen molar-refractivity contribution in [1.29, 1.82) is 0 Å². The second-order valence-electron chi connectivity index (χ2n) is 8.91. The maximum Gasteiger partial charge on any atom is 0.265 e. The largest absolute Gasteiger partial charge is 0.479 e. The van der Waals surface area contributed by atoms with Gasteiger partial charge in [-0.3, -0.25) is 9.59 Å². The molecule has 0 bridgehead atoms. The van der Waals surface area contributed by atoms with Gasteiger partial charge in [0.25, 0.3) is 5.91 Å². The van der Waals surface area contributed by atoms with E-state index in [4.69, 9.17) is 4.74 Å². The van der Waals surface area contributed by atoms with E-state index in [1.807, 2.05) is 32.0 Å². The van der Waals surface area contributed by atoms with Gasteiger partial charge in [0.2, 0.25) is 15.9 Å². The summed E-state index contributed by atoms with van der Waals surface area (Å²) in [6, 6.07) is 9.00. The number of piperidine rings is 1. The minimum absolute atomic E-state index is 0.0832. The van der Waals surface area contributed by atoms with Gasteiger partial charge >= 0.3 is 0 Å². The molecule has 0 radical (unpaired) electrons. The maximum absolute atomic E-state index is 13.4. The molecular weight excluding hydrogens is 442 g/mol. The van der Waals surface area contributed by atoms with Crippen LogP contribution in [-0.2, 0) is 19.6 Å². The van der Waals surface area contributed by atoms with E-state index < -0.39 is 16.1 Å². The van der Waals surface area contributed by atoms with Crippen LogP contribution in [-0.4, -0.2) is 43.7 Å². The van der Waals surface area contributed by atoms with Crippen LogP contribution in [0, 0.1) is 26.7 Å². The molecule has 0 aromatic heterocycles. The third kappa shape index (κ3) is 4.74. The van der Waals surface area contributed by atoms with Crippen molar-refractivity contribution in [2.45, 2.75) is 51.5 Å². The van der Waals surface area contributed by atoms with Gasteiger partial charge in [0.05, 0.1) is 10.6 Å². The normalized spacial score (nSPS) is 19.4. The first-order valence-corrected chi connectivity index (χ1v) is 12.5. The van der Waals surface area contributed by atoms with Crippen molar-refractivity contribution in [2.75, 3.05) is 23.7 Å². The van der Waals surface area contributed by atoms with Gasteiger partial charge in [-0.1, -0.05) is 6.07 Å². The minimum Gasteiger partial charge on any atom is -0.479 e. The summed E-state index contributed by atoms with van der Waals surface area (Å²) in [7, 11) is -3.77. The summed E-state index contributed by atoms with van der Waals surface area (Å²) < 4.78 is 33.7. The molecule has 1 saturated heterocycles. The number of benzene rings is 2. The number of ether oxygens (including phenoxy) is 1. The van der Waals surface area contributed by atoms with Crippen LogP contribution in [0.1, 0.15) is 36.5 Å². The van der Waals surface area contributed by atoms with E-state index >= 15 is 0 Å². The van der Waals surface area contributed by atoms with Crippen LogP contribution in [0.4, 0.5) is 11.4 Å². The fraction of sp³-hybridized carbons (Fsp3) is 0.417. The van der Waals surface area contributed by atoms with E-state index in [0.29, 0.717) is 29.8 Å². The molecule has 2 N–H and O–H groups in total. The standard InChI is InChI=1S/C24H29N3O5S/c1-14-9-15(2)11-19(10-14)25-24(29)18-5-7-27(8-6-18)33(30,31)22-13-21-20(12-16(22)3)26-23(28)17(4)32-21/h9-13,17-18H,5-8H2,1-4H3,(H,25,29)(H,26,28). The third-order valence-corrected chi connectivity index (χ3v) is 8.18. The van der Waals surface area contributed by atoms with Crippen LogP contribution in [0.5, 0.6) is 5.75 Å². The Bertz CT molecular complexity index is 1200. The predicted octanol–water partition coefficient (Wildman–Crippen LogP) is 3.37. The Hall–Kier alpha value is -2.91. The molecule has 9 heteroatoms. The van der Waals surface area contributed by atoms with Crippen LogP contribution in [0.25, 0.3) is 0 Å². The number of hydrogen-bond acceptors (Lipinski definition) is 5. The summed E-state index contributed by atoms with van der Waals surface area (Å²) in [6.07, 6.45) is 0.203. The Labute approximate surface area is 194 Å². The Kier molecular flexibility index (Phi) is 6.20. The fourth-order valence-corrected chi connectivity index (χ4v) is 6.10. The molecule has 0 spiro atoms. The highest BCUT2D eigenvalue weighted by molar-refractivity contribution is 7.89. The molecule has 2 aliphatic rings. The van der Waals surface area contributed by atoms with Gasteiger partial charge in [-0.05, 0) is 75.4 Å². The number of sulfonamides is 1. The van der Waals surface area contributed by atoms with Crippen molar-refractivity contribution in [1.82, 2.24) is 4.31 Å². The molecule has 1 atom stereocenters. The second-order valence-corrected chi connectivity index (χ2v) is 10.8. The monoisotopic (exact) mass is 471 g/mol. The Balaban J connectivity index is 1.45. The smallest absolute Gasteiger partial charge is 0.265 e. The Morgan fingerprint density at radius 3 is 2.33 bits per heavy atom. The van der Waals surface area contributed by atoms with Crippen LogP contribution >= 0.6 is 0 Å². The average Bonchev–Trinajstić information content (AvgIpc) is 2.74. The topological polar surface area (TPSA) is 105 Å². The van der Waals surface area contributed by atoms with Gasteiger partial charge in [-0.15, -0.1) is 0 Å². The molecular formula is C24H29N3O5S. The average molecular weight is 472 g/mol. The molecule has 2 aliphatic heterocycles. The molecule has 2 aromatic carbocycles. The minimum atomic E-state index is -3.77. The molecule has 0 saturated carbocycles. The van der Waals surface area contributed by atoms with Gasteiger partial charge in [0, 0.05) is 30.8 Å². The molecule has 0 aliphatic carbocycles. The van der Waals surface area contributed by atoms with Crippen molar-refractivity contribution in [3.63, 3.8) is 0 Å². The lowest BCUT2D eigenvalue weighted by molar-refractivity contribution is -0.123. The first kappa shape index (κ1) is 23.3. The van der Waals surface area contributed by atoms with E-state index in [1.54, 1.807) is 19.9 Å². The highest BCUT2D eigenvalue weighted by Gasteiger charge is 2.34. The van der Waals surface area contributed by atoms with Crippen LogP contribution in [0.2, 0.25) is 0 Å². The number of hydrogen-bond donors (Lipinski definition) is 2. The van der Waals surface area contributed by atoms with Crippen LogP contribution in [0.15, 0.2) is 35.2 Å². The quantitative estimate of drug-likeness (QED) is 0.711.